The highest BCUT2D eigenvalue weighted by Gasteiger charge is 2.27. The first-order chi connectivity index (χ1) is 12.8. The highest BCUT2D eigenvalue weighted by atomic mass is 35.5. The van der Waals surface area contributed by atoms with E-state index in [2.05, 4.69) is 16.9 Å². The third-order valence-electron chi connectivity index (χ3n) is 3.74. The summed E-state index contributed by atoms with van der Waals surface area (Å²) in [7, 11) is 0. The zero-order valence-corrected chi connectivity index (χ0v) is 16.0. The van der Waals surface area contributed by atoms with Gasteiger partial charge in [0.25, 0.3) is 0 Å². The standard InChI is InChI=1S/C18H21Cl2N3O4/c1-10(11-2-3-11)23-16(18(25)26)15(20)17(21)22-8-13(24)9-27-14-6-4-12(19)5-7-14/h4-7,11,13,22,24H,1-3,8-9,21H2,(H,25,26)/b17-15-,23-16+. The molecular formula is C18H21Cl2N3O4. The Morgan fingerprint density at radius 1 is 1.41 bits per heavy atom. The number of aliphatic hydroxyl groups excluding tert-OH is 1. The summed E-state index contributed by atoms with van der Waals surface area (Å²) < 4.78 is 5.42. The molecule has 27 heavy (non-hydrogen) atoms. The van der Waals surface area contributed by atoms with Crippen LogP contribution < -0.4 is 15.8 Å². The highest BCUT2D eigenvalue weighted by Crippen LogP contribution is 2.36. The molecule has 0 saturated heterocycles. The Balaban J connectivity index is 1.90. The minimum absolute atomic E-state index is 0.00209. The van der Waals surface area contributed by atoms with E-state index in [1.54, 1.807) is 24.3 Å². The third-order valence-corrected chi connectivity index (χ3v) is 4.37. The van der Waals surface area contributed by atoms with E-state index in [4.69, 9.17) is 33.7 Å². The van der Waals surface area contributed by atoms with E-state index in [1.807, 2.05) is 0 Å². The van der Waals surface area contributed by atoms with E-state index in [1.165, 1.54) is 0 Å². The summed E-state index contributed by atoms with van der Waals surface area (Å²) in [6, 6.07) is 6.69. The van der Waals surface area contributed by atoms with Crippen LogP contribution in [0.4, 0.5) is 0 Å². The summed E-state index contributed by atoms with van der Waals surface area (Å²) >= 11 is 11.8. The van der Waals surface area contributed by atoms with Gasteiger partial charge < -0.3 is 26.0 Å². The average Bonchev–Trinajstić information content (AvgIpc) is 3.48. The normalized spacial score (nSPS) is 16.3. The average molecular weight is 414 g/mol. The molecule has 146 valence electrons. The van der Waals surface area contributed by atoms with Gasteiger partial charge in [-0.25, -0.2) is 9.79 Å². The fraction of sp³-hybridized carbons (Fsp3) is 0.333. The fourth-order valence-corrected chi connectivity index (χ4v) is 2.37. The molecule has 1 aliphatic rings. The largest absolute Gasteiger partial charge is 0.491 e. The number of rotatable bonds is 10. The zero-order valence-electron chi connectivity index (χ0n) is 14.5. The molecule has 0 spiro atoms. The maximum atomic E-state index is 11.4. The fourth-order valence-electron chi connectivity index (χ4n) is 2.06. The van der Waals surface area contributed by atoms with Gasteiger partial charge in [0.2, 0.25) is 0 Å². The number of nitrogens with two attached hydrogens (primary N) is 1. The maximum absolute atomic E-state index is 11.4. The van der Waals surface area contributed by atoms with Gasteiger partial charge in [0.15, 0.2) is 5.71 Å². The van der Waals surface area contributed by atoms with Gasteiger partial charge in [-0.2, -0.15) is 0 Å². The molecule has 0 heterocycles. The predicted octanol–water partition coefficient (Wildman–Crippen LogP) is 2.49. The first-order valence-electron chi connectivity index (χ1n) is 8.24. The van der Waals surface area contributed by atoms with Gasteiger partial charge in [-0.1, -0.05) is 29.8 Å². The van der Waals surface area contributed by atoms with Crippen molar-refractivity contribution in [2.45, 2.75) is 18.9 Å². The lowest BCUT2D eigenvalue weighted by Crippen LogP contribution is -2.35. The molecular weight excluding hydrogens is 393 g/mol. The summed E-state index contributed by atoms with van der Waals surface area (Å²) in [5.41, 5.74) is 5.88. The molecule has 1 aliphatic carbocycles. The van der Waals surface area contributed by atoms with Gasteiger partial charge in [-0.3, -0.25) is 0 Å². The smallest absolute Gasteiger partial charge is 0.356 e. The van der Waals surface area contributed by atoms with Crippen LogP contribution in [0.1, 0.15) is 12.8 Å². The lowest BCUT2D eigenvalue weighted by Gasteiger charge is -2.15. The number of nitrogens with zero attached hydrogens (tertiary/aromatic N) is 1. The Morgan fingerprint density at radius 2 is 2.04 bits per heavy atom. The lowest BCUT2D eigenvalue weighted by molar-refractivity contribution is -0.129. The van der Waals surface area contributed by atoms with Gasteiger partial charge >= 0.3 is 5.97 Å². The van der Waals surface area contributed by atoms with Crippen molar-refractivity contribution in [2.24, 2.45) is 16.6 Å². The first kappa shape index (κ1) is 21.1. The second kappa shape index (κ2) is 9.64. The number of ether oxygens (including phenoxy) is 1. The minimum atomic E-state index is -1.31. The molecule has 1 aromatic carbocycles. The quantitative estimate of drug-likeness (QED) is 0.437. The van der Waals surface area contributed by atoms with Crippen molar-refractivity contribution >= 4 is 34.9 Å². The molecule has 2 rings (SSSR count). The van der Waals surface area contributed by atoms with E-state index in [-0.39, 0.29) is 35.6 Å². The molecule has 1 unspecified atom stereocenters. The maximum Gasteiger partial charge on any atom is 0.356 e. The third kappa shape index (κ3) is 6.78. The van der Waals surface area contributed by atoms with Crippen LogP contribution in [0.3, 0.4) is 0 Å². The second-order valence-electron chi connectivity index (χ2n) is 6.06. The van der Waals surface area contributed by atoms with Gasteiger partial charge in [0, 0.05) is 23.2 Å². The molecule has 5 N–H and O–H groups in total. The van der Waals surface area contributed by atoms with Crippen molar-refractivity contribution in [3.8, 4) is 5.75 Å². The Labute approximate surface area is 167 Å². The Hall–Kier alpha value is -2.22. The highest BCUT2D eigenvalue weighted by molar-refractivity contribution is 6.58. The van der Waals surface area contributed by atoms with E-state index in [0.717, 1.165) is 12.8 Å². The molecule has 0 bridgehead atoms. The summed E-state index contributed by atoms with van der Waals surface area (Å²) in [4.78, 5) is 15.4. The molecule has 9 heteroatoms. The molecule has 1 aromatic rings. The van der Waals surface area contributed by atoms with Crippen molar-refractivity contribution in [2.75, 3.05) is 13.2 Å². The Morgan fingerprint density at radius 3 is 2.59 bits per heavy atom. The molecule has 0 amide bonds. The van der Waals surface area contributed by atoms with Crippen molar-refractivity contribution in [3.63, 3.8) is 0 Å². The zero-order chi connectivity index (χ0) is 20.0. The molecule has 1 saturated carbocycles. The SMILES string of the molecule is C=C(/N=C(C(=O)O)\C(Cl)=C(/N)NCC(O)COc1ccc(Cl)cc1)C1CC1. The van der Waals surface area contributed by atoms with E-state index >= 15 is 0 Å². The number of carbonyl (C=O) groups is 1. The van der Waals surface area contributed by atoms with Crippen LogP contribution in [-0.2, 0) is 4.79 Å². The lowest BCUT2D eigenvalue weighted by atomic mass is 10.3. The number of nitrogens with one attached hydrogen (secondary N) is 1. The minimum Gasteiger partial charge on any atom is -0.491 e. The first-order valence-corrected chi connectivity index (χ1v) is 9.00. The number of carboxylic acids is 1. The molecule has 1 fully saturated rings. The van der Waals surface area contributed by atoms with Gasteiger partial charge in [0.05, 0.1) is 0 Å². The Bertz CT molecular complexity index is 758. The van der Waals surface area contributed by atoms with Crippen molar-refractivity contribution in [1.82, 2.24) is 5.32 Å². The van der Waals surface area contributed by atoms with Crippen LogP contribution in [0.5, 0.6) is 5.75 Å². The van der Waals surface area contributed by atoms with Gasteiger partial charge in [-0.05, 0) is 37.1 Å². The summed E-state index contributed by atoms with van der Waals surface area (Å²) in [5.74, 6) is -0.658. The molecule has 0 radical (unpaired) electrons. The molecule has 0 aromatic heterocycles. The van der Waals surface area contributed by atoms with Crippen LogP contribution in [0, 0.1) is 5.92 Å². The molecule has 1 atom stereocenters. The number of aliphatic hydroxyl groups is 1. The molecule has 7 nitrogen and oxygen atoms in total. The number of aliphatic carboxylic acids is 1. The van der Waals surface area contributed by atoms with E-state index in [9.17, 15) is 15.0 Å². The van der Waals surface area contributed by atoms with E-state index < -0.39 is 12.1 Å². The number of hydrogen-bond acceptors (Lipinski definition) is 6. The van der Waals surface area contributed by atoms with Crippen LogP contribution in [-0.4, -0.2) is 41.1 Å². The summed E-state index contributed by atoms with van der Waals surface area (Å²) in [5, 5.41) is 22.3. The van der Waals surface area contributed by atoms with E-state index in [0.29, 0.717) is 16.5 Å². The number of carboxylic acid groups (broad SMARTS) is 1. The van der Waals surface area contributed by atoms with Crippen molar-refractivity contribution in [1.29, 1.82) is 0 Å². The van der Waals surface area contributed by atoms with Crippen molar-refractivity contribution in [3.05, 3.63) is 52.4 Å². The van der Waals surface area contributed by atoms with Gasteiger partial charge in [-0.15, -0.1) is 0 Å². The number of hydrogen-bond donors (Lipinski definition) is 4. The van der Waals surface area contributed by atoms with Crippen LogP contribution >= 0.6 is 23.2 Å². The monoisotopic (exact) mass is 413 g/mol. The van der Waals surface area contributed by atoms with Crippen LogP contribution in [0.25, 0.3) is 0 Å². The molecule has 0 aliphatic heterocycles. The van der Waals surface area contributed by atoms with Crippen LogP contribution in [0.15, 0.2) is 52.4 Å². The van der Waals surface area contributed by atoms with Crippen molar-refractivity contribution < 1.29 is 19.7 Å². The topological polar surface area (TPSA) is 117 Å². The second-order valence-corrected chi connectivity index (χ2v) is 6.87. The summed E-state index contributed by atoms with van der Waals surface area (Å²) in [6.07, 6.45) is 0.962. The predicted molar refractivity (Wildman–Crippen MR) is 105 cm³/mol. The number of allylic oxidation sites excluding steroid dienone is 1. The Kier molecular flexibility index (Phi) is 7.53. The summed E-state index contributed by atoms with van der Waals surface area (Å²) in [6.45, 7) is 3.76. The number of aliphatic imine (C=N–C) groups is 1. The number of benzene rings is 1. The van der Waals surface area contributed by atoms with Crippen LogP contribution in [0.2, 0.25) is 5.02 Å². The number of halogens is 2. The van der Waals surface area contributed by atoms with Gasteiger partial charge in [0.1, 0.15) is 29.3 Å².